The van der Waals surface area contributed by atoms with Crippen molar-refractivity contribution in [3.05, 3.63) is 11.6 Å². The molecule has 0 aromatic carbocycles. The zero-order valence-electron chi connectivity index (χ0n) is 17.0. The Morgan fingerprint density at radius 1 is 1.27 bits per heavy atom. The average Bonchev–Trinajstić information content (AvgIpc) is 2.58. The van der Waals surface area contributed by atoms with E-state index in [-0.39, 0.29) is 24.7 Å². The zero-order chi connectivity index (χ0) is 19.9. The van der Waals surface area contributed by atoms with Crippen LogP contribution in [0.4, 0.5) is 0 Å². The van der Waals surface area contributed by atoms with E-state index >= 15 is 0 Å². The lowest BCUT2D eigenvalue weighted by molar-refractivity contribution is -0.151. The second-order valence-electron chi connectivity index (χ2n) is 8.24. The average molecular weight is 369 g/mol. The van der Waals surface area contributed by atoms with Crippen molar-refractivity contribution in [3.8, 4) is 0 Å². The normalized spacial score (nSPS) is 34.7. The summed E-state index contributed by atoms with van der Waals surface area (Å²) in [6.07, 6.45) is 3.83. The largest absolute Gasteiger partial charge is 0.465 e. The lowest BCUT2D eigenvalue weighted by Gasteiger charge is -2.35. The molecule has 4 unspecified atom stereocenters. The molecule has 0 bridgehead atoms. The third kappa shape index (κ3) is 6.20. The molecule has 0 aromatic rings. The summed E-state index contributed by atoms with van der Waals surface area (Å²) in [7, 11) is 0. The van der Waals surface area contributed by atoms with E-state index in [1.165, 1.54) is 5.57 Å². The van der Waals surface area contributed by atoms with Crippen molar-refractivity contribution in [1.82, 2.24) is 0 Å². The maximum Gasteiger partial charge on any atom is 0.308 e. The summed E-state index contributed by atoms with van der Waals surface area (Å²) in [5.74, 6) is -1.24. The lowest BCUT2D eigenvalue weighted by Crippen LogP contribution is -2.46. The van der Waals surface area contributed by atoms with Crippen LogP contribution in [0.5, 0.6) is 0 Å². The van der Waals surface area contributed by atoms with E-state index in [1.54, 1.807) is 13.8 Å². The molecule has 0 amide bonds. The van der Waals surface area contributed by atoms with Crippen LogP contribution in [0.1, 0.15) is 73.1 Å². The van der Waals surface area contributed by atoms with Crippen molar-refractivity contribution in [2.75, 3.05) is 6.61 Å². The Bertz CT molecular complexity index is 509. The predicted octanol–water partition coefficient (Wildman–Crippen LogP) is 3.42. The molecule has 150 valence electrons. The number of rotatable bonds is 1. The quantitative estimate of drug-likeness (QED) is 0.547. The molecular weight excluding hydrogens is 332 g/mol. The Balaban J connectivity index is 3.04. The van der Waals surface area contributed by atoms with Crippen molar-refractivity contribution in [1.29, 1.82) is 0 Å². The molecule has 0 fully saturated rings. The fourth-order valence-corrected chi connectivity index (χ4v) is 3.55. The van der Waals surface area contributed by atoms with Crippen LogP contribution < -0.4 is 0 Å². The Kier molecular flexibility index (Phi) is 8.97. The van der Waals surface area contributed by atoms with Crippen LogP contribution in [-0.2, 0) is 14.3 Å². The maximum absolute atomic E-state index is 13.0. The highest BCUT2D eigenvalue weighted by Crippen LogP contribution is 2.33. The number of carbonyl (C=O) groups is 2. The van der Waals surface area contributed by atoms with E-state index in [9.17, 15) is 19.8 Å². The summed E-state index contributed by atoms with van der Waals surface area (Å²) in [6, 6.07) is 0. The molecule has 0 aromatic heterocycles. The minimum absolute atomic E-state index is 0.00233. The molecule has 2 N–H and O–H groups in total. The van der Waals surface area contributed by atoms with E-state index < -0.39 is 29.5 Å². The van der Waals surface area contributed by atoms with Gasteiger partial charge in [0.05, 0.1) is 30.7 Å². The lowest BCUT2D eigenvalue weighted by atomic mass is 9.71. The first-order valence-electron chi connectivity index (χ1n) is 9.82. The Labute approximate surface area is 157 Å². The van der Waals surface area contributed by atoms with Gasteiger partial charge in [-0.25, -0.2) is 0 Å². The van der Waals surface area contributed by atoms with Gasteiger partial charge < -0.3 is 14.9 Å². The van der Waals surface area contributed by atoms with Crippen molar-refractivity contribution in [2.24, 2.45) is 17.3 Å². The first-order chi connectivity index (χ1) is 12.1. The number of esters is 1. The third-order valence-electron chi connectivity index (χ3n) is 5.70. The van der Waals surface area contributed by atoms with Gasteiger partial charge in [0.25, 0.3) is 0 Å². The minimum Gasteiger partial charge on any atom is -0.465 e. The first kappa shape index (κ1) is 22.8. The molecule has 5 heteroatoms. The maximum atomic E-state index is 13.0. The first-order valence-corrected chi connectivity index (χ1v) is 9.82. The molecule has 1 aliphatic rings. The minimum atomic E-state index is -1.13. The molecule has 0 aliphatic carbocycles. The number of Topliss-reactive ketones (excluding diaryl/α,β-unsaturated/α-hetero) is 1. The summed E-state index contributed by atoms with van der Waals surface area (Å²) in [5, 5.41) is 21.2. The van der Waals surface area contributed by atoms with Crippen molar-refractivity contribution in [3.63, 3.8) is 0 Å². The van der Waals surface area contributed by atoms with Gasteiger partial charge in [-0.1, -0.05) is 39.3 Å². The van der Waals surface area contributed by atoms with Gasteiger partial charge in [0.1, 0.15) is 5.78 Å². The summed E-state index contributed by atoms with van der Waals surface area (Å²) in [4.78, 5) is 25.0. The van der Waals surface area contributed by atoms with Crippen molar-refractivity contribution in [2.45, 2.75) is 85.4 Å². The summed E-state index contributed by atoms with van der Waals surface area (Å²) < 4.78 is 5.18. The summed E-state index contributed by atoms with van der Waals surface area (Å²) in [5.41, 5.74) is 0.118. The monoisotopic (exact) mass is 368 g/mol. The van der Waals surface area contributed by atoms with Crippen molar-refractivity contribution < 1.29 is 24.5 Å². The van der Waals surface area contributed by atoms with E-state index in [0.29, 0.717) is 12.8 Å². The molecule has 1 aliphatic heterocycles. The van der Waals surface area contributed by atoms with Gasteiger partial charge in [-0.05, 0) is 44.9 Å². The van der Waals surface area contributed by atoms with Crippen LogP contribution in [0.15, 0.2) is 11.6 Å². The molecule has 26 heavy (non-hydrogen) atoms. The zero-order valence-corrected chi connectivity index (χ0v) is 17.0. The number of aliphatic hydroxyl groups is 2. The fraction of sp³-hybridized carbons (Fsp3) is 0.810. The number of allylic oxidation sites excluding steroid dienone is 1. The molecule has 0 saturated carbocycles. The topological polar surface area (TPSA) is 83.8 Å². The van der Waals surface area contributed by atoms with Gasteiger partial charge in [0.15, 0.2) is 0 Å². The van der Waals surface area contributed by atoms with E-state index in [1.807, 2.05) is 13.8 Å². The second kappa shape index (κ2) is 10.2. The van der Waals surface area contributed by atoms with Gasteiger partial charge >= 0.3 is 5.97 Å². The molecule has 1 heterocycles. The number of hydrogen-bond acceptors (Lipinski definition) is 5. The standard InChI is InChI=1S/C21H36O5/c1-6-16-19(24)15(3)11-7-9-14(2)10-8-12-26-18(23)13-17(22)21(4,5)20(16)25/h10,15-17,19,22,24H,6-9,11-13H2,1-5H3/b14-10-. The number of ketones is 1. The van der Waals surface area contributed by atoms with Gasteiger partial charge in [-0.15, -0.1) is 0 Å². The van der Waals surface area contributed by atoms with E-state index in [0.717, 1.165) is 19.3 Å². The molecule has 5 nitrogen and oxygen atoms in total. The fourth-order valence-electron chi connectivity index (χ4n) is 3.55. The van der Waals surface area contributed by atoms with Crippen LogP contribution in [0.2, 0.25) is 0 Å². The molecule has 0 radical (unpaired) electrons. The molecule has 4 atom stereocenters. The van der Waals surface area contributed by atoms with Crippen LogP contribution >= 0.6 is 0 Å². The van der Waals surface area contributed by atoms with Crippen LogP contribution in [0.25, 0.3) is 0 Å². The van der Waals surface area contributed by atoms with E-state index in [4.69, 9.17) is 4.74 Å². The highest BCUT2D eigenvalue weighted by molar-refractivity contribution is 5.88. The Morgan fingerprint density at radius 3 is 2.54 bits per heavy atom. The Hall–Kier alpha value is -1.20. The van der Waals surface area contributed by atoms with Crippen LogP contribution in [-0.4, -0.2) is 40.8 Å². The predicted molar refractivity (Wildman–Crippen MR) is 102 cm³/mol. The molecular formula is C21H36O5. The third-order valence-corrected chi connectivity index (χ3v) is 5.70. The summed E-state index contributed by atoms with van der Waals surface area (Å²) >= 11 is 0. The molecule has 0 saturated heterocycles. The number of ether oxygens (including phenoxy) is 1. The summed E-state index contributed by atoms with van der Waals surface area (Å²) in [6.45, 7) is 9.47. The molecule has 1 rings (SSSR count). The van der Waals surface area contributed by atoms with Crippen LogP contribution in [0, 0.1) is 17.3 Å². The molecule has 0 spiro atoms. The van der Waals surface area contributed by atoms with Crippen molar-refractivity contribution >= 4 is 11.8 Å². The number of carbonyl (C=O) groups excluding carboxylic acids is 2. The van der Waals surface area contributed by atoms with Crippen LogP contribution in [0.3, 0.4) is 0 Å². The number of cyclic esters (lactones) is 1. The highest BCUT2D eigenvalue weighted by Gasteiger charge is 2.43. The smallest absolute Gasteiger partial charge is 0.308 e. The van der Waals surface area contributed by atoms with Gasteiger partial charge in [0, 0.05) is 5.92 Å². The SMILES string of the molecule is CCC1C(=O)C(C)(C)C(O)CC(=O)OCC/C=C(/C)CCCC(C)C1O. The number of hydrogen-bond donors (Lipinski definition) is 2. The number of aliphatic hydroxyl groups excluding tert-OH is 2. The van der Waals surface area contributed by atoms with E-state index in [2.05, 4.69) is 13.0 Å². The van der Waals surface area contributed by atoms with Gasteiger partial charge in [-0.3, -0.25) is 9.59 Å². The Morgan fingerprint density at radius 2 is 1.92 bits per heavy atom. The van der Waals surface area contributed by atoms with Gasteiger partial charge in [0.2, 0.25) is 0 Å². The van der Waals surface area contributed by atoms with Gasteiger partial charge in [-0.2, -0.15) is 0 Å². The second-order valence-corrected chi connectivity index (χ2v) is 8.24. The highest BCUT2D eigenvalue weighted by atomic mass is 16.5.